The molecule has 28 heavy (non-hydrogen) atoms. The lowest BCUT2D eigenvalue weighted by Gasteiger charge is -2.05. The minimum atomic E-state index is -0.284. The quantitative estimate of drug-likeness (QED) is 0.473. The van der Waals surface area contributed by atoms with Crippen LogP contribution in [0.4, 0.5) is 4.39 Å². The van der Waals surface area contributed by atoms with Crippen LogP contribution in [0.2, 0.25) is 0 Å². The number of benzene rings is 2. The first-order chi connectivity index (χ1) is 13.5. The number of amides is 1. The maximum Gasteiger partial charge on any atom is 0.251 e. The molecule has 0 atom stereocenters. The standard InChI is InChI=1S/C20H16BrFN4OS/c1-12-17(9-10-23-19(27)14-3-2-4-15(21)11-14)28-20-24-18(25-26(12)20)13-5-7-16(22)8-6-13/h2-8,11H,9-10H2,1H3,(H,23,27). The molecule has 0 aliphatic carbocycles. The van der Waals surface area contributed by atoms with Crippen molar-refractivity contribution in [1.29, 1.82) is 0 Å². The number of carbonyl (C=O) groups excluding carboxylic acids is 1. The van der Waals surface area contributed by atoms with Crippen molar-refractivity contribution in [2.24, 2.45) is 0 Å². The lowest BCUT2D eigenvalue weighted by atomic mass is 10.2. The molecule has 0 aliphatic heterocycles. The van der Waals surface area contributed by atoms with Gasteiger partial charge in [0, 0.05) is 33.4 Å². The van der Waals surface area contributed by atoms with Crippen LogP contribution in [0.1, 0.15) is 20.9 Å². The van der Waals surface area contributed by atoms with Gasteiger partial charge in [-0.05, 0) is 49.4 Å². The Labute approximate surface area is 173 Å². The first kappa shape index (κ1) is 18.8. The van der Waals surface area contributed by atoms with Gasteiger partial charge in [0.2, 0.25) is 4.96 Å². The van der Waals surface area contributed by atoms with Crippen LogP contribution in [-0.4, -0.2) is 27.0 Å². The average molecular weight is 459 g/mol. The molecule has 8 heteroatoms. The number of aryl methyl sites for hydroxylation is 1. The number of nitrogens with zero attached hydrogens (tertiary/aromatic N) is 3. The number of fused-ring (bicyclic) bond motifs is 1. The van der Waals surface area contributed by atoms with Crippen LogP contribution in [0.3, 0.4) is 0 Å². The Balaban J connectivity index is 1.45. The van der Waals surface area contributed by atoms with Crippen molar-refractivity contribution in [2.45, 2.75) is 13.3 Å². The van der Waals surface area contributed by atoms with Gasteiger partial charge in [0.25, 0.3) is 5.91 Å². The van der Waals surface area contributed by atoms with Crippen LogP contribution in [-0.2, 0) is 6.42 Å². The fourth-order valence-electron chi connectivity index (χ4n) is 2.86. The van der Waals surface area contributed by atoms with E-state index in [0.717, 1.165) is 25.6 Å². The summed E-state index contributed by atoms with van der Waals surface area (Å²) in [6.45, 7) is 2.51. The van der Waals surface area contributed by atoms with E-state index in [-0.39, 0.29) is 11.7 Å². The topological polar surface area (TPSA) is 59.3 Å². The summed E-state index contributed by atoms with van der Waals surface area (Å²) < 4.78 is 15.8. The monoisotopic (exact) mass is 458 g/mol. The molecule has 0 bridgehead atoms. The summed E-state index contributed by atoms with van der Waals surface area (Å²) in [6.07, 6.45) is 0.702. The van der Waals surface area contributed by atoms with Crippen LogP contribution in [0.25, 0.3) is 16.3 Å². The second-order valence-electron chi connectivity index (χ2n) is 6.26. The molecular formula is C20H16BrFN4OS. The van der Waals surface area contributed by atoms with Gasteiger partial charge in [-0.1, -0.05) is 33.3 Å². The summed E-state index contributed by atoms with van der Waals surface area (Å²) >= 11 is 4.92. The molecule has 4 rings (SSSR count). The summed E-state index contributed by atoms with van der Waals surface area (Å²) in [7, 11) is 0. The highest BCUT2D eigenvalue weighted by Gasteiger charge is 2.15. The number of hydrogen-bond acceptors (Lipinski definition) is 4. The minimum absolute atomic E-state index is 0.1000. The number of aromatic nitrogens is 3. The van der Waals surface area contributed by atoms with E-state index in [2.05, 4.69) is 31.3 Å². The molecule has 2 aromatic heterocycles. The molecule has 0 spiro atoms. The van der Waals surface area contributed by atoms with E-state index in [1.807, 2.05) is 19.1 Å². The van der Waals surface area contributed by atoms with Gasteiger partial charge in [-0.2, -0.15) is 4.98 Å². The number of nitrogens with one attached hydrogen (secondary N) is 1. The van der Waals surface area contributed by atoms with Gasteiger partial charge < -0.3 is 5.32 Å². The van der Waals surface area contributed by atoms with Gasteiger partial charge >= 0.3 is 0 Å². The van der Waals surface area contributed by atoms with Gasteiger partial charge in [-0.15, -0.1) is 5.10 Å². The third-order valence-corrected chi connectivity index (χ3v) is 6.03. The maximum atomic E-state index is 13.1. The molecule has 0 saturated carbocycles. The SMILES string of the molecule is Cc1c(CCNC(=O)c2cccc(Br)c2)sc2nc(-c3ccc(F)cc3)nn12. The number of hydrogen-bond donors (Lipinski definition) is 1. The van der Waals surface area contributed by atoms with Crippen LogP contribution < -0.4 is 5.32 Å². The Kier molecular flexibility index (Phi) is 5.23. The number of rotatable bonds is 5. The summed E-state index contributed by atoms with van der Waals surface area (Å²) in [5.74, 6) is 0.189. The highest BCUT2D eigenvalue weighted by molar-refractivity contribution is 9.10. The molecule has 4 aromatic rings. The van der Waals surface area contributed by atoms with Gasteiger partial charge in [0.1, 0.15) is 5.82 Å². The summed E-state index contributed by atoms with van der Waals surface area (Å²) in [5, 5.41) is 7.48. The van der Waals surface area contributed by atoms with Crippen molar-refractivity contribution in [2.75, 3.05) is 6.54 Å². The minimum Gasteiger partial charge on any atom is -0.352 e. The molecule has 0 unspecified atom stereocenters. The molecule has 0 radical (unpaired) electrons. The van der Waals surface area contributed by atoms with Crippen molar-refractivity contribution in [3.63, 3.8) is 0 Å². The van der Waals surface area contributed by atoms with Gasteiger partial charge in [-0.25, -0.2) is 8.91 Å². The molecule has 1 N–H and O–H groups in total. The second kappa shape index (κ2) is 7.81. The van der Waals surface area contributed by atoms with Crippen molar-refractivity contribution >= 4 is 38.1 Å². The van der Waals surface area contributed by atoms with Gasteiger partial charge in [-0.3, -0.25) is 4.79 Å². The Morgan fingerprint density at radius 3 is 2.75 bits per heavy atom. The van der Waals surface area contributed by atoms with E-state index in [0.29, 0.717) is 24.4 Å². The van der Waals surface area contributed by atoms with E-state index in [9.17, 15) is 9.18 Å². The van der Waals surface area contributed by atoms with Gasteiger partial charge in [0.15, 0.2) is 5.82 Å². The summed E-state index contributed by atoms with van der Waals surface area (Å²) in [4.78, 5) is 18.7. The largest absolute Gasteiger partial charge is 0.352 e. The molecule has 0 saturated heterocycles. The van der Waals surface area contributed by atoms with Crippen molar-refractivity contribution in [3.8, 4) is 11.4 Å². The van der Waals surface area contributed by atoms with Crippen molar-refractivity contribution in [1.82, 2.24) is 19.9 Å². The zero-order valence-corrected chi connectivity index (χ0v) is 17.3. The molecule has 142 valence electrons. The lowest BCUT2D eigenvalue weighted by Crippen LogP contribution is -2.25. The Hall–Kier alpha value is -2.58. The zero-order valence-electron chi connectivity index (χ0n) is 14.9. The Morgan fingerprint density at radius 2 is 2.04 bits per heavy atom. The number of halogens is 2. The van der Waals surface area contributed by atoms with E-state index in [4.69, 9.17) is 0 Å². The van der Waals surface area contributed by atoms with Crippen molar-refractivity contribution in [3.05, 3.63) is 75.0 Å². The van der Waals surface area contributed by atoms with Crippen molar-refractivity contribution < 1.29 is 9.18 Å². The van der Waals surface area contributed by atoms with Gasteiger partial charge in [0.05, 0.1) is 5.69 Å². The molecule has 1 amide bonds. The smallest absolute Gasteiger partial charge is 0.251 e. The van der Waals surface area contributed by atoms with E-state index < -0.39 is 0 Å². The Bertz CT molecular complexity index is 1150. The normalized spacial score (nSPS) is 11.1. The summed E-state index contributed by atoms with van der Waals surface area (Å²) in [6, 6.07) is 13.4. The molecule has 0 fully saturated rings. The highest BCUT2D eigenvalue weighted by Crippen LogP contribution is 2.25. The third-order valence-electron chi connectivity index (χ3n) is 4.34. The fraction of sp³-hybridized carbons (Fsp3) is 0.150. The van der Waals surface area contributed by atoms with Crippen LogP contribution in [0.5, 0.6) is 0 Å². The van der Waals surface area contributed by atoms with E-state index in [1.165, 1.54) is 12.1 Å². The molecule has 5 nitrogen and oxygen atoms in total. The van der Waals surface area contributed by atoms with Crippen LogP contribution in [0.15, 0.2) is 53.0 Å². The first-order valence-corrected chi connectivity index (χ1v) is 10.3. The summed E-state index contributed by atoms with van der Waals surface area (Å²) in [5.41, 5.74) is 2.40. The zero-order chi connectivity index (χ0) is 19.7. The average Bonchev–Trinajstić information content (AvgIpc) is 3.22. The third kappa shape index (κ3) is 3.83. The van der Waals surface area contributed by atoms with E-state index in [1.54, 1.807) is 40.1 Å². The second-order valence-corrected chi connectivity index (χ2v) is 8.24. The fourth-order valence-corrected chi connectivity index (χ4v) is 4.31. The molecule has 2 aromatic carbocycles. The molecule has 0 aliphatic rings. The highest BCUT2D eigenvalue weighted by atomic mass is 79.9. The molecular weight excluding hydrogens is 443 g/mol. The first-order valence-electron chi connectivity index (χ1n) is 8.66. The predicted molar refractivity (Wildman–Crippen MR) is 111 cm³/mol. The number of carbonyl (C=O) groups is 1. The maximum absolute atomic E-state index is 13.1. The molecule has 2 heterocycles. The van der Waals surface area contributed by atoms with Crippen LogP contribution >= 0.6 is 27.3 Å². The number of thiazole rings is 1. The van der Waals surface area contributed by atoms with E-state index >= 15 is 0 Å². The lowest BCUT2D eigenvalue weighted by molar-refractivity contribution is 0.0954. The predicted octanol–water partition coefficient (Wildman–Crippen LogP) is 4.64. The Morgan fingerprint density at radius 1 is 1.25 bits per heavy atom. The van der Waals surface area contributed by atoms with Crippen LogP contribution in [0, 0.1) is 12.7 Å².